The van der Waals surface area contributed by atoms with E-state index in [2.05, 4.69) is 45.5 Å². The van der Waals surface area contributed by atoms with Gasteiger partial charge < -0.3 is 9.88 Å². The zero-order valence-corrected chi connectivity index (χ0v) is 10.5. The Morgan fingerprint density at radius 2 is 2.38 bits per heavy atom. The number of hydrogen-bond acceptors (Lipinski definition) is 3. The largest absolute Gasteiger partial charge is 0.352 e. The Bertz CT molecular complexity index is 417. The van der Waals surface area contributed by atoms with Crippen molar-refractivity contribution in [2.24, 2.45) is 5.92 Å². The number of aromatic nitrogens is 2. The zero-order chi connectivity index (χ0) is 11.4. The molecule has 2 aromatic rings. The predicted molar refractivity (Wildman–Crippen MR) is 68.7 cm³/mol. The summed E-state index contributed by atoms with van der Waals surface area (Å²) >= 11 is 1.72. The lowest BCUT2D eigenvalue weighted by molar-refractivity contribution is 0.526. The highest BCUT2D eigenvalue weighted by Crippen LogP contribution is 2.11. The standard InChI is InChI=1S/C12H17N3S/c1-10(2)8-15-5-4-13-12(15)14-7-11-3-6-16-9-11/h3-6,9-10H,7-8H2,1-2H3,(H,13,14). The topological polar surface area (TPSA) is 29.9 Å². The van der Waals surface area contributed by atoms with Gasteiger partial charge >= 0.3 is 0 Å². The van der Waals surface area contributed by atoms with Crippen molar-refractivity contribution in [3.63, 3.8) is 0 Å². The minimum atomic E-state index is 0.635. The molecule has 0 atom stereocenters. The molecule has 0 spiro atoms. The van der Waals surface area contributed by atoms with Gasteiger partial charge in [-0.1, -0.05) is 13.8 Å². The molecule has 0 fully saturated rings. The Kier molecular flexibility index (Phi) is 3.62. The monoisotopic (exact) mass is 235 g/mol. The third-order valence-electron chi connectivity index (χ3n) is 2.31. The zero-order valence-electron chi connectivity index (χ0n) is 9.68. The average molecular weight is 235 g/mol. The van der Waals surface area contributed by atoms with Gasteiger partial charge in [-0.25, -0.2) is 4.98 Å². The van der Waals surface area contributed by atoms with Crippen molar-refractivity contribution in [1.29, 1.82) is 0 Å². The molecule has 3 nitrogen and oxygen atoms in total. The molecule has 2 rings (SSSR count). The van der Waals surface area contributed by atoms with Gasteiger partial charge in [0.2, 0.25) is 5.95 Å². The summed E-state index contributed by atoms with van der Waals surface area (Å²) in [5, 5.41) is 7.61. The maximum atomic E-state index is 4.32. The van der Waals surface area contributed by atoms with E-state index >= 15 is 0 Å². The third-order valence-corrected chi connectivity index (χ3v) is 3.04. The van der Waals surface area contributed by atoms with Crippen molar-refractivity contribution in [3.8, 4) is 0 Å². The van der Waals surface area contributed by atoms with E-state index in [1.165, 1.54) is 5.56 Å². The molecule has 0 unspecified atom stereocenters. The number of nitrogens with zero attached hydrogens (tertiary/aromatic N) is 2. The van der Waals surface area contributed by atoms with Gasteiger partial charge in [-0.2, -0.15) is 11.3 Å². The third kappa shape index (κ3) is 2.85. The minimum Gasteiger partial charge on any atom is -0.352 e. The fourth-order valence-corrected chi connectivity index (χ4v) is 2.26. The van der Waals surface area contributed by atoms with Gasteiger partial charge in [0.05, 0.1) is 0 Å². The SMILES string of the molecule is CC(C)Cn1ccnc1NCc1ccsc1. The minimum absolute atomic E-state index is 0.635. The number of rotatable bonds is 5. The number of thiophene rings is 1. The van der Waals surface area contributed by atoms with Crippen LogP contribution in [0.15, 0.2) is 29.2 Å². The number of anilines is 1. The van der Waals surface area contributed by atoms with Crippen LogP contribution in [0.2, 0.25) is 0 Å². The van der Waals surface area contributed by atoms with Crippen molar-refractivity contribution in [3.05, 3.63) is 34.8 Å². The fraction of sp³-hybridized carbons (Fsp3) is 0.417. The second kappa shape index (κ2) is 5.16. The molecule has 2 aromatic heterocycles. The van der Waals surface area contributed by atoms with Crippen LogP contribution in [-0.4, -0.2) is 9.55 Å². The molecule has 16 heavy (non-hydrogen) atoms. The fourth-order valence-electron chi connectivity index (χ4n) is 1.59. The summed E-state index contributed by atoms with van der Waals surface area (Å²) in [6, 6.07) is 2.13. The normalized spacial score (nSPS) is 10.9. The Morgan fingerprint density at radius 1 is 1.50 bits per heavy atom. The first-order valence-electron chi connectivity index (χ1n) is 5.52. The first-order valence-corrected chi connectivity index (χ1v) is 6.46. The summed E-state index contributed by atoms with van der Waals surface area (Å²) < 4.78 is 2.16. The molecule has 0 bridgehead atoms. The van der Waals surface area contributed by atoms with E-state index in [0.717, 1.165) is 19.0 Å². The van der Waals surface area contributed by atoms with Gasteiger partial charge in [-0.15, -0.1) is 0 Å². The summed E-state index contributed by atoms with van der Waals surface area (Å²) in [7, 11) is 0. The molecule has 0 aliphatic carbocycles. The highest BCUT2D eigenvalue weighted by atomic mass is 32.1. The highest BCUT2D eigenvalue weighted by Gasteiger charge is 2.03. The maximum absolute atomic E-state index is 4.32. The van der Waals surface area contributed by atoms with E-state index in [1.807, 2.05) is 12.4 Å². The van der Waals surface area contributed by atoms with Crippen LogP contribution in [0.4, 0.5) is 5.95 Å². The van der Waals surface area contributed by atoms with Crippen LogP contribution in [0, 0.1) is 5.92 Å². The van der Waals surface area contributed by atoms with Crippen molar-refractivity contribution < 1.29 is 0 Å². The van der Waals surface area contributed by atoms with Crippen LogP contribution in [0.3, 0.4) is 0 Å². The molecule has 86 valence electrons. The van der Waals surface area contributed by atoms with Gasteiger partial charge in [0.15, 0.2) is 0 Å². The van der Waals surface area contributed by atoms with Crippen molar-refractivity contribution in [2.75, 3.05) is 5.32 Å². The first-order chi connectivity index (χ1) is 7.75. The molecular weight excluding hydrogens is 218 g/mol. The molecule has 4 heteroatoms. The van der Waals surface area contributed by atoms with Crippen molar-refractivity contribution in [2.45, 2.75) is 26.9 Å². The average Bonchev–Trinajstić information content (AvgIpc) is 2.84. The summed E-state index contributed by atoms with van der Waals surface area (Å²) in [5.74, 6) is 1.59. The lowest BCUT2D eigenvalue weighted by Gasteiger charge is -2.11. The first kappa shape index (κ1) is 11.2. The number of hydrogen-bond donors (Lipinski definition) is 1. The molecule has 0 aliphatic rings. The summed E-state index contributed by atoms with van der Waals surface area (Å²) in [6.45, 7) is 6.27. The lowest BCUT2D eigenvalue weighted by atomic mass is 10.2. The number of nitrogens with one attached hydrogen (secondary N) is 1. The highest BCUT2D eigenvalue weighted by molar-refractivity contribution is 7.07. The smallest absolute Gasteiger partial charge is 0.203 e. The molecule has 0 amide bonds. The van der Waals surface area contributed by atoms with E-state index in [9.17, 15) is 0 Å². The van der Waals surface area contributed by atoms with E-state index in [0.29, 0.717) is 5.92 Å². The van der Waals surface area contributed by atoms with Gasteiger partial charge in [0.25, 0.3) is 0 Å². The molecule has 1 N–H and O–H groups in total. The van der Waals surface area contributed by atoms with Gasteiger partial charge in [-0.3, -0.25) is 0 Å². The summed E-state index contributed by atoms with van der Waals surface area (Å²) in [6.07, 6.45) is 3.87. The van der Waals surface area contributed by atoms with Gasteiger partial charge in [0, 0.05) is 25.5 Å². The van der Waals surface area contributed by atoms with E-state index in [-0.39, 0.29) is 0 Å². The van der Waals surface area contributed by atoms with E-state index in [4.69, 9.17) is 0 Å². The molecule has 0 saturated carbocycles. The summed E-state index contributed by atoms with van der Waals surface area (Å²) in [5.41, 5.74) is 1.31. The van der Waals surface area contributed by atoms with Crippen LogP contribution < -0.4 is 5.32 Å². The van der Waals surface area contributed by atoms with Crippen LogP contribution >= 0.6 is 11.3 Å². The lowest BCUT2D eigenvalue weighted by Crippen LogP contribution is -2.09. The van der Waals surface area contributed by atoms with Crippen LogP contribution in [0.25, 0.3) is 0 Å². The van der Waals surface area contributed by atoms with Crippen LogP contribution in [0.1, 0.15) is 19.4 Å². The quantitative estimate of drug-likeness (QED) is 0.862. The van der Waals surface area contributed by atoms with Crippen LogP contribution in [0.5, 0.6) is 0 Å². The van der Waals surface area contributed by atoms with Gasteiger partial charge in [0.1, 0.15) is 0 Å². The second-order valence-electron chi connectivity index (χ2n) is 4.28. The Morgan fingerprint density at radius 3 is 3.06 bits per heavy atom. The molecule has 2 heterocycles. The number of imidazole rings is 1. The van der Waals surface area contributed by atoms with Crippen molar-refractivity contribution in [1.82, 2.24) is 9.55 Å². The second-order valence-corrected chi connectivity index (χ2v) is 5.06. The Hall–Kier alpha value is -1.29. The molecule has 0 saturated heterocycles. The van der Waals surface area contributed by atoms with Crippen LogP contribution in [-0.2, 0) is 13.1 Å². The van der Waals surface area contributed by atoms with E-state index in [1.54, 1.807) is 11.3 Å². The Balaban J connectivity index is 1.96. The molecular formula is C12H17N3S. The Labute approximate surface area is 100 Å². The molecule has 0 radical (unpaired) electrons. The molecule has 0 aliphatic heterocycles. The maximum Gasteiger partial charge on any atom is 0.203 e. The molecule has 0 aromatic carbocycles. The van der Waals surface area contributed by atoms with Gasteiger partial charge in [-0.05, 0) is 28.3 Å². The van der Waals surface area contributed by atoms with E-state index < -0.39 is 0 Å². The van der Waals surface area contributed by atoms with Crippen molar-refractivity contribution >= 4 is 17.3 Å². The predicted octanol–water partition coefficient (Wildman–Crippen LogP) is 3.21. The summed E-state index contributed by atoms with van der Waals surface area (Å²) in [4.78, 5) is 4.32.